The van der Waals surface area contributed by atoms with E-state index in [4.69, 9.17) is 0 Å². The van der Waals surface area contributed by atoms with Crippen molar-refractivity contribution >= 4 is 5.82 Å². The second kappa shape index (κ2) is 6.33. The summed E-state index contributed by atoms with van der Waals surface area (Å²) in [4.78, 5) is 5.83. The molecule has 4 rings (SSSR count). The molecule has 134 valence electrons. The number of nitrogens with one attached hydrogen (secondary N) is 2. The average molecular weight is 351 g/mol. The first-order valence-corrected chi connectivity index (χ1v) is 8.51. The van der Waals surface area contributed by atoms with Gasteiger partial charge in [0.1, 0.15) is 11.5 Å². The fraction of sp³-hybridized carbons (Fsp3) is 0.529. The summed E-state index contributed by atoms with van der Waals surface area (Å²) in [5.74, 6) is 1.39. The van der Waals surface area contributed by atoms with Crippen LogP contribution in [0, 0.1) is 11.8 Å². The maximum atomic E-state index is 12.9. The third-order valence-electron chi connectivity index (χ3n) is 5.33. The van der Waals surface area contributed by atoms with E-state index in [9.17, 15) is 13.2 Å². The molecule has 2 aromatic rings. The maximum Gasteiger partial charge on any atom is 0.433 e. The number of fused-ring (bicyclic) bond motifs is 1. The van der Waals surface area contributed by atoms with Crippen LogP contribution in [-0.2, 0) is 12.7 Å². The van der Waals surface area contributed by atoms with E-state index in [2.05, 4.69) is 20.5 Å². The Balaban J connectivity index is 1.42. The largest absolute Gasteiger partial charge is 0.433 e. The molecule has 1 saturated heterocycles. The Labute approximate surface area is 143 Å². The molecule has 0 unspecified atom stereocenters. The molecule has 1 saturated carbocycles. The van der Waals surface area contributed by atoms with E-state index < -0.39 is 11.9 Å². The molecule has 2 fully saturated rings. The van der Waals surface area contributed by atoms with Gasteiger partial charge in [0, 0.05) is 37.4 Å². The second-order valence-electron chi connectivity index (χ2n) is 6.88. The lowest BCUT2D eigenvalue weighted by molar-refractivity contribution is -0.141. The molecule has 0 spiro atoms. The van der Waals surface area contributed by atoms with Crippen molar-refractivity contribution in [1.29, 1.82) is 0 Å². The van der Waals surface area contributed by atoms with Gasteiger partial charge in [-0.2, -0.15) is 18.3 Å². The lowest BCUT2D eigenvalue weighted by Gasteiger charge is -2.23. The highest BCUT2D eigenvalue weighted by atomic mass is 19.4. The molecule has 2 aromatic heterocycles. The predicted molar refractivity (Wildman–Crippen MR) is 86.9 cm³/mol. The summed E-state index contributed by atoms with van der Waals surface area (Å²) < 4.78 is 38.7. The first-order chi connectivity index (χ1) is 12.0. The van der Waals surface area contributed by atoms with Crippen molar-refractivity contribution in [3.05, 3.63) is 41.9 Å². The summed E-state index contributed by atoms with van der Waals surface area (Å²) in [6.07, 6.45) is 1.47. The van der Waals surface area contributed by atoms with Crippen LogP contribution in [0.4, 0.5) is 19.0 Å². The van der Waals surface area contributed by atoms with Crippen LogP contribution in [0.2, 0.25) is 0 Å². The Morgan fingerprint density at radius 2 is 2.12 bits per heavy atom. The second-order valence-corrected chi connectivity index (χ2v) is 6.88. The van der Waals surface area contributed by atoms with E-state index in [0.29, 0.717) is 23.7 Å². The van der Waals surface area contributed by atoms with Crippen molar-refractivity contribution in [3.63, 3.8) is 0 Å². The van der Waals surface area contributed by atoms with E-state index >= 15 is 0 Å². The van der Waals surface area contributed by atoms with E-state index in [-0.39, 0.29) is 0 Å². The van der Waals surface area contributed by atoms with Crippen LogP contribution in [0.15, 0.2) is 30.6 Å². The van der Waals surface area contributed by atoms with Gasteiger partial charge in [-0.05, 0) is 36.8 Å². The number of hydrogen-bond donors (Lipinski definition) is 2. The minimum absolute atomic E-state index is 0.385. The minimum atomic E-state index is -4.40. The Kier molecular flexibility index (Phi) is 4.15. The van der Waals surface area contributed by atoms with Gasteiger partial charge in [0.25, 0.3) is 0 Å². The number of rotatable bonds is 4. The van der Waals surface area contributed by atoms with Crippen LogP contribution in [0.5, 0.6) is 0 Å². The van der Waals surface area contributed by atoms with Crippen molar-refractivity contribution < 1.29 is 13.2 Å². The number of pyridine rings is 1. The summed E-state index contributed by atoms with van der Waals surface area (Å²) in [6.45, 7) is 2.29. The van der Waals surface area contributed by atoms with Crippen LogP contribution in [-0.4, -0.2) is 34.3 Å². The maximum absolute atomic E-state index is 12.9. The van der Waals surface area contributed by atoms with Crippen LogP contribution >= 0.6 is 0 Å². The Morgan fingerprint density at radius 1 is 1.24 bits per heavy atom. The number of halogens is 3. The van der Waals surface area contributed by atoms with Crippen LogP contribution in [0.3, 0.4) is 0 Å². The van der Waals surface area contributed by atoms with Gasteiger partial charge in [-0.1, -0.05) is 6.07 Å². The Hall–Kier alpha value is -2.09. The van der Waals surface area contributed by atoms with Crippen molar-refractivity contribution in [3.8, 4) is 0 Å². The molecule has 8 heteroatoms. The highest BCUT2D eigenvalue weighted by molar-refractivity contribution is 5.42. The number of H-pyrrole nitrogens is 1. The van der Waals surface area contributed by atoms with Crippen molar-refractivity contribution in [2.75, 3.05) is 18.0 Å². The van der Waals surface area contributed by atoms with Crippen molar-refractivity contribution in [2.24, 2.45) is 11.8 Å². The van der Waals surface area contributed by atoms with Crippen LogP contribution in [0.25, 0.3) is 0 Å². The molecule has 0 amide bonds. The SMILES string of the molecule is FC(F)(F)c1cccc(N2C[C@H]3CC[C@H](NCc4cn[nH]c4)[C@H]3C2)n1. The van der Waals surface area contributed by atoms with Gasteiger partial charge in [-0.25, -0.2) is 4.98 Å². The monoisotopic (exact) mass is 351 g/mol. The van der Waals surface area contributed by atoms with Crippen LogP contribution < -0.4 is 10.2 Å². The zero-order chi connectivity index (χ0) is 17.4. The summed E-state index contributed by atoms with van der Waals surface area (Å²) in [6, 6.07) is 4.52. The molecule has 0 aromatic carbocycles. The third-order valence-corrected chi connectivity index (χ3v) is 5.33. The van der Waals surface area contributed by atoms with Gasteiger partial charge in [-0.3, -0.25) is 5.10 Å². The highest BCUT2D eigenvalue weighted by Gasteiger charge is 2.43. The molecular formula is C17H20F3N5. The molecule has 0 bridgehead atoms. The quantitative estimate of drug-likeness (QED) is 0.889. The fourth-order valence-corrected chi connectivity index (χ4v) is 4.09. The van der Waals surface area contributed by atoms with Gasteiger partial charge < -0.3 is 10.2 Å². The number of aromatic nitrogens is 3. The highest BCUT2D eigenvalue weighted by Crippen LogP contribution is 2.40. The van der Waals surface area contributed by atoms with E-state index in [0.717, 1.165) is 44.1 Å². The average Bonchev–Trinajstić information content (AvgIpc) is 3.30. The number of aromatic amines is 1. The summed E-state index contributed by atoms with van der Waals surface area (Å²) >= 11 is 0. The molecule has 0 radical (unpaired) electrons. The predicted octanol–water partition coefficient (Wildman–Crippen LogP) is 2.83. The molecular weight excluding hydrogens is 331 g/mol. The lowest BCUT2D eigenvalue weighted by Crippen LogP contribution is -2.35. The summed E-state index contributed by atoms with van der Waals surface area (Å²) in [5.41, 5.74) is 0.287. The van der Waals surface area contributed by atoms with Crippen molar-refractivity contribution in [2.45, 2.75) is 31.6 Å². The van der Waals surface area contributed by atoms with Gasteiger partial charge in [-0.15, -0.1) is 0 Å². The number of nitrogens with zero attached hydrogens (tertiary/aromatic N) is 3. The Bertz CT molecular complexity index is 715. The molecule has 2 N–H and O–H groups in total. The van der Waals surface area contributed by atoms with Gasteiger partial charge in [0.2, 0.25) is 0 Å². The van der Waals surface area contributed by atoms with E-state index in [1.807, 2.05) is 11.1 Å². The third kappa shape index (κ3) is 3.35. The molecule has 25 heavy (non-hydrogen) atoms. The lowest BCUT2D eigenvalue weighted by atomic mass is 9.98. The minimum Gasteiger partial charge on any atom is -0.356 e. The zero-order valence-corrected chi connectivity index (χ0v) is 13.6. The molecule has 3 heterocycles. The van der Waals surface area contributed by atoms with E-state index in [1.165, 1.54) is 6.07 Å². The Morgan fingerprint density at radius 3 is 2.88 bits per heavy atom. The van der Waals surface area contributed by atoms with Crippen molar-refractivity contribution in [1.82, 2.24) is 20.5 Å². The standard InChI is InChI=1S/C17H20F3N5/c18-17(19,20)15-2-1-3-16(24-15)25-9-12-4-5-14(13(12)10-25)21-6-11-7-22-23-8-11/h1-3,7-8,12-14,21H,4-6,9-10H2,(H,22,23)/t12-,13+,14+/m1/s1. The topological polar surface area (TPSA) is 56.8 Å². The number of hydrogen-bond acceptors (Lipinski definition) is 4. The molecule has 5 nitrogen and oxygen atoms in total. The summed E-state index contributed by atoms with van der Waals surface area (Å²) in [5, 5.41) is 10.3. The summed E-state index contributed by atoms with van der Waals surface area (Å²) in [7, 11) is 0. The van der Waals surface area contributed by atoms with E-state index in [1.54, 1.807) is 12.3 Å². The number of anilines is 1. The zero-order valence-electron chi connectivity index (χ0n) is 13.6. The molecule has 3 atom stereocenters. The first kappa shape index (κ1) is 16.4. The molecule has 1 aliphatic heterocycles. The molecule has 1 aliphatic carbocycles. The number of alkyl halides is 3. The van der Waals surface area contributed by atoms with Gasteiger partial charge >= 0.3 is 6.18 Å². The van der Waals surface area contributed by atoms with Crippen LogP contribution in [0.1, 0.15) is 24.1 Å². The first-order valence-electron chi connectivity index (χ1n) is 8.51. The smallest absolute Gasteiger partial charge is 0.356 e. The normalized spacial score (nSPS) is 26.2. The van der Waals surface area contributed by atoms with Gasteiger partial charge in [0.05, 0.1) is 6.20 Å². The fourth-order valence-electron chi connectivity index (χ4n) is 4.09. The molecule has 2 aliphatic rings. The van der Waals surface area contributed by atoms with Gasteiger partial charge in [0.15, 0.2) is 0 Å².